The van der Waals surface area contributed by atoms with E-state index in [4.69, 9.17) is 5.73 Å². The lowest BCUT2D eigenvalue weighted by atomic mass is 10.2. The quantitative estimate of drug-likeness (QED) is 0.553. The summed E-state index contributed by atoms with van der Waals surface area (Å²) in [5, 5.41) is 11.8. The topological polar surface area (TPSA) is 113 Å². The number of nitrogens with one attached hydrogen (secondary N) is 1. The molecule has 22 heavy (non-hydrogen) atoms. The molecule has 0 heterocycles. The number of rotatable bonds is 6. The minimum absolute atomic E-state index is 0.0430. The number of hydrogen-bond donors (Lipinski definition) is 4. The largest absolute Gasteiger partial charge is 0.508 e. The Kier molecular flexibility index (Phi) is 6.24. The number of carbonyl (C=O) groups excluding carboxylic acids is 3. The van der Waals surface area contributed by atoms with E-state index in [1.54, 1.807) is 0 Å². The van der Waals surface area contributed by atoms with Gasteiger partial charge in [-0.3, -0.25) is 19.3 Å². The molecule has 0 aliphatic rings. The van der Waals surface area contributed by atoms with Gasteiger partial charge in [-0.2, -0.15) is 12.6 Å². The zero-order valence-electron chi connectivity index (χ0n) is 12.3. The third kappa shape index (κ3) is 4.39. The summed E-state index contributed by atoms with van der Waals surface area (Å²) in [7, 11) is 0. The number of thiol groups is 1. The lowest BCUT2D eigenvalue weighted by Crippen LogP contribution is -2.54. The van der Waals surface area contributed by atoms with Gasteiger partial charge in [0, 0.05) is 18.4 Å². The highest BCUT2D eigenvalue weighted by atomic mass is 32.1. The van der Waals surface area contributed by atoms with E-state index in [0.29, 0.717) is 5.69 Å². The van der Waals surface area contributed by atoms with E-state index in [-0.39, 0.29) is 17.4 Å². The van der Waals surface area contributed by atoms with E-state index in [1.807, 2.05) is 0 Å². The number of primary amides is 1. The minimum Gasteiger partial charge on any atom is -0.508 e. The van der Waals surface area contributed by atoms with Crippen LogP contribution in [0.5, 0.6) is 5.75 Å². The third-order valence-electron chi connectivity index (χ3n) is 3.04. The number of nitrogens with two attached hydrogens (primary N) is 1. The number of nitrogens with zero attached hydrogens (tertiary/aromatic N) is 1. The van der Waals surface area contributed by atoms with Crippen LogP contribution in [0.25, 0.3) is 0 Å². The van der Waals surface area contributed by atoms with Crippen molar-refractivity contribution in [3.63, 3.8) is 0 Å². The van der Waals surface area contributed by atoms with Crippen molar-refractivity contribution >= 4 is 36.0 Å². The first-order valence-corrected chi connectivity index (χ1v) is 7.20. The van der Waals surface area contributed by atoms with Crippen molar-refractivity contribution in [2.75, 3.05) is 10.7 Å². The van der Waals surface area contributed by atoms with Gasteiger partial charge in [-0.05, 0) is 31.2 Å². The van der Waals surface area contributed by atoms with Crippen LogP contribution in [0.3, 0.4) is 0 Å². The van der Waals surface area contributed by atoms with Gasteiger partial charge in [-0.1, -0.05) is 0 Å². The van der Waals surface area contributed by atoms with Crippen LogP contribution in [-0.4, -0.2) is 40.7 Å². The second kappa shape index (κ2) is 7.69. The van der Waals surface area contributed by atoms with E-state index in [2.05, 4.69) is 17.9 Å². The van der Waals surface area contributed by atoms with Crippen molar-refractivity contribution < 1.29 is 19.5 Å². The predicted molar refractivity (Wildman–Crippen MR) is 85.7 cm³/mol. The Labute approximate surface area is 133 Å². The van der Waals surface area contributed by atoms with Gasteiger partial charge in [0.25, 0.3) is 0 Å². The molecule has 0 spiro atoms. The lowest BCUT2D eigenvalue weighted by Gasteiger charge is -2.29. The average molecular weight is 325 g/mol. The molecule has 8 heteroatoms. The van der Waals surface area contributed by atoms with Crippen LogP contribution >= 0.6 is 12.6 Å². The molecule has 3 amide bonds. The van der Waals surface area contributed by atoms with Crippen molar-refractivity contribution in [2.45, 2.75) is 25.9 Å². The molecule has 0 unspecified atom stereocenters. The van der Waals surface area contributed by atoms with Crippen LogP contribution < -0.4 is 16.0 Å². The molecule has 0 fully saturated rings. The van der Waals surface area contributed by atoms with Crippen LogP contribution in [0, 0.1) is 0 Å². The fourth-order valence-electron chi connectivity index (χ4n) is 1.86. The summed E-state index contributed by atoms with van der Waals surface area (Å²) in [6.45, 7) is 2.77. The van der Waals surface area contributed by atoms with Gasteiger partial charge in [0.1, 0.15) is 17.8 Å². The van der Waals surface area contributed by atoms with Gasteiger partial charge in [-0.15, -0.1) is 0 Å². The fraction of sp³-hybridized carbons (Fsp3) is 0.357. The van der Waals surface area contributed by atoms with Crippen molar-refractivity contribution in [3.05, 3.63) is 24.3 Å². The number of phenols is 1. The standard InChI is InChI=1S/C14H19N3O4S/c1-8(13(15)20)16-14(21)12(7-22)17(9(2)18)10-3-5-11(19)6-4-10/h3-6,8,12,19,22H,7H2,1-2H3,(H2,15,20)(H,16,21)/t8-,12-/m0/s1. The molecular weight excluding hydrogens is 306 g/mol. The summed E-state index contributed by atoms with van der Waals surface area (Å²) in [6.07, 6.45) is 0. The molecule has 0 saturated carbocycles. The highest BCUT2D eigenvalue weighted by Crippen LogP contribution is 2.21. The van der Waals surface area contributed by atoms with Crippen molar-refractivity contribution in [1.29, 1.82) is 0 Å². The second-order valence-corrected chi connectivity index (χ2v) is 5.10. The molecule has 0 radical (unpaired) electrons. The number of benzene rings is 1. The van der Waals surface area contributed by atoms with Crippen LogP contribution in [0.2, 0.25) is 0 Å². The molecule has 120 valence electrons. The van der Waals surface area contributed by atoms with Crippen LogP contribution in [0.4, 0.5) is 5.69 Å². The number of amides is 3. The monoisotopic (exact) mass is 325 g/mol. The predicted octanol–water partition coefficient (Wildman–Crippen LogP) is 0.0335. The van der Waals surface area contributed by atoms with Crippen LogP contribution in [-0.2, 0) is 14.4 Å². The smallest absolute Gasteiger partial charge is 0.244 e. The fourth-order valence-corrected chi connectivity index (χ4v) is 2.19. The zero-order chi connectivity index (χ0) is 16.9. The van der Waals surface area contributed by atoms with Crippen molar-refractivity contribution in [2.24, 2.45) is 5.73 Å². The Balaban J connectivity index is 3.05. The molecule has 4 N–H and O–H groups in total. The summed E-state index contributed by atoms with van der Waals surface area (Å²) in [4.78, 5) is 36.5. The summed E-state index contributed by atoms with van der Waals surface area (Å²) in [5.74, 6) is -1.49. The number of hydrogen-bond acceptors (Lipinski definition) is 5. The molecule has 0 bridgehead atoms. The zero-order valence-corrected chi connectivity index (χ0v) is 13.2. The summed E-state index contributed by atoms with van der Waals surface area (Å²) in [6, 6.07) is 4.07. The van der Waals surface area contributed by atoms with Gasteiger partial charge >= 0.3 is 0 Å². The normalized spacial score (nSPS) is 13.0. The average Bonchev–Trinajstić information content (AvgIpc) is 2.45. The highest BCUT2D eigenvalue weighted by molar-refractivity contribution is 7.80. The molecule has 0 aromatic heterocycles. The molecule has 1 rings (SSSR count). The van der Waals surface area contributed by atoms with Gasteiger partial charge < -0.3 is 16.2 Å². The molecule has 0 saturated heterocycles. The Morgan fingerprint density at radius 1 is 1.32 bits per heavy atom. The molecule has 2 atom stereocenters. The number of anilines is 1. The Morgan fingerprint density at radius 2 is 1.86 bits per heavy atom. The Bertz CT molecular complexity index is 562. The molecule has 1 aromatic rings. The first-order chi connectivity index (χ1) is 10.3. The maximum Gasteiger partial charge on any atom is 0.244 e. The maximum absolute atomic E-state index is 12.3. The van der Waals surface area contributed by atoms with E-state index < -0.39 is 23.9 Å². The molecule has 7 nitrogen and oxygen atoms in total. The first kappa shape index (κ1) is 17.8. The summed E-state index contributed by atoms with van der Waals surface area (Å²) >= 11 is 4.11. The first-order valence-electron chi connectivity index (χ1n) is 6.57. The summed E-state index contributed by atoms with van der Waals surface area (Å²) in [5.41, 5.74) is 5.54. The number of phenolic OH excluding ortho intramolecular Hbond substituents is 1. The number of carbonyl (C=O) groups is 3. The minimum atomic E-state index is -0.910. The SMILES string of the molecule is CC(=O)N(c1ccc(O)cc1)[C@@H](CS)C(=O)N[C@@H](C)C(N)=O. The van der Waals surface area contributed by atoms with E-state index in [0.717, 1.165) is 0 Å². The Morgan fingerprint density at radius 3 is 2.27 bits per heavy atom. The van der Waals surface area contributed by atoms with E-state index >= 15 is 0 Å². The second-order valence-electron chi connectivity index (χ2n) is 4.74. The van der Waals surface area contributed by atoms with E-state index in [1.165, 1.54) is 43.0 Å². The third-order valence-corrected chi connectivity index (χ3v) is 3.39. The maximum atomic E-state index is 12.3. The van der Waals surface area contributed by atoms with Crippen molar-refractivity contribution in [3.8, 4) is 5.75 Å². The lowest BCUT2D eigenvalue weighted by molar-refractivity contribution is -0.128. The van der Waals surface area contributed by atoms with Crippen molar-refractivity contribution in [1.82, 2.24) is 5.32 Å². The summed E-state index contributed by atoms with van der Waals surface area (Å²) < 4.78 is 0. The molecule has 0 aliphatic heterocycles. The Hall–Kier alpha value is -2.22. The van der Waals surface area contributed by atoms with Gasteiger partial charge in [-0.25, -0.2) is 0 Å². The highest BCUT2D eigenvalue weighted by Gasteiger charge is 2.29. The van der Waals surface area contributed by atoms with Crippen LogP contribution in [0.1, 0.15) is 13.8 Å². The van der Waals surface area contributed by atoms with Gasteiger partial charge in [0.05, 0.1) is 0 Å². The number of aromatic hydroxyl groups is 1. The molecular formula is C14H19N3O4S. The van der Waals surface area contributed by atoms with Crippen LogP contribution in [0.15, 0.2) is 24.3 Å². The molecule has 1 aromatic carbocycles. The molecule has 0 aliphatic carbocycles. The van der Waals surface area contributed by atoms with Gasteiger partial charge in [0.15, 0.2) is 0 Å². The van der Waals surface area contributed by atoms with E-state index in [9.17, 15) is 19.5 Å². The van der Waals surface area contributed by atoms with Gasteiger partial charge in [0.2, 0.25) is 17.7 Å².